The van der Waals surface area contributed by atoms with Gasteiger partial charge in [-0.15, -0.1) is 11.6 Å². The minimum atomic E-state index is -0.528. The summed E-state index contributed by atoms with van der Waals surface area (Å²) in [5.41, 5.74) is 7.23. The molecular formula is C14H19ClN4O. The third-order valence-electron chi connectivity index (χ3n) is 3.24. The van der Waals surface area contributed by atoms with Gasteiger partial charge in [-0.2, -0.15) is 0 Å². The third kappa shape index (κ3) is 2.63. The first kappa shape index (κ1) is 14.8. The van der Waals surface area contributed by atoms with Crippen LogP contribution in [0.2, 0.25) is 0 Å². The van der Waals surface area contributed by atoms with E-state index in [1.165, 1.54) is 0 Å². The summed E-state index contributed by atoms with van der Waals surface area (Å²) in [5, 5.41) is -0.281. The molecule has 108 valence electrons. The normalized spacial score (nSPS) is 13.7. The molecule has 0 aliphatic heterocycles. The highest BCUT2D eigenvalue weighted by atomic mass is 35.5. The van der Waals surface area contributed by atoms with E-state index in [0.29, 0.717) is 5.82 Å². The van der Waals surface area contributed by atoms with E-state index in [1.54, 1.807) is 0 Å². The summed E-state index contributed by atoms with van der Waals surface area (Å²) in [7, 11) is 0. The second kappa shape index (κ2) is 5.05. The quantitative estimate of drug-likeness (QED) is 0.881. The van der Waals surface area contributed by atoms with Crippen LogP contribution in [0, 0.1) is 6.92 Å². The highest BCUT2D eigenvalue weighted by Crippen LogP contribution is 2.31. The minimum Gasteiger partial charge on any atom is -0.370 e. The van der Waals surface area contributed by atoms with Crippen molar-refractivity contribution in [1.29, 1.82) is 0 Å². The first-order chi connectivity index (χ1) is 9.22. The fourth-order valence-electron chi connectivity index (χ4n) is 2.44. The Balaban J connectivity index is 2.73. The van der Waals surface area contributed by atoms with Gasteiger partial charge in [0.1, 0.15) is 11.3 Å². The molecule has 2 aromatic rings. The molecule has 0 aliphatic carbocycles. The number of nitrogens with zero attached hydrogens (tertiary/aromatic N) is 3. The first-order valence-electron chi connectivity index (χ1n) is 6.51. The molecule has 2 N–H and O–H groups in total. The van der Waals surface area contributed by atoms with E-state index in [2.05, 4.69) is 9.97 Å². The molecule has 0 saturated carbocycles. The SMILES string of the molecule is Cc1ccc2nc(C(C)Cl)n(C(C)(C)CC(N)=O)c2n1. The molecule has 20 heavy (non-hydrogen) atoms. The second-order valence-electron chi connectivity index (χ2n) is 5.67. The molecule has 0 aromatic carbocycles. The predicted molar refractivity (Wildman–Crippen MR) is 79.7 cm³/mol. The predicted octanol–water partition coefficient (Wildman–Crippen LogP) is 2.65. The fourth-order valence-corrected chi connectivity index (χ4v) is 2.58. The number of rotatable bonds is 4. The number of fused-ring (bicyclic) bond motifs is 1. The maximum atomic E-state index is 11.3. The summed E-state index contributed by atoms with van der Waals surface area (Å²) in [4.78, 5) is 20.4. The average Bonchev–Trinajstić information content (AvgIpc) is 2.66. The monoisotopic (exact) mass is 294 g/mol. The van der Waals surface area contributed by atoms with Crippen LogP contribution >= 0.6 is 11.6 Å². The van der Waals surface area contributed by atoms with Crippen molar-refractivity contribution in [2.24, 2.45) is 5.73 Å². The minimum absolute atomic E-state index is 0.199. The molecule has 6 heteroatoms. The summed E-state index contributed by atoms with van der Waals surface area (Å²) in [6.07, 6.45) is 0.199. The third-order valence-corrected chi connectivity index (χ3v) is 3.43. The molecule has 0 spiro atoms. The number of imidazole rings is 1. The van der Waals surface area contributed by atoms with Crippen LogP contribution in [0.1, 0.15) is 44.1 Å². The molecule has 1 atom stereocenters. The molecule has 2 rings (SSSR count). The molecule has 0 radical (unpaired) electrons. The summed E-state index contributed by atoms with van der Waals surface area (Å²) in [5.74, 6) is 0.337. The van der Waals surface area contributed by atoms with E-state index >= 15 is 0 Å². The van der Waals surface area contributed by atoms with Crippen LogP contribution in [-0.4, -0.2) is 20.4 Å². The van der Waals surface area contributed by atoms with Gasteiger partial charge >= 0.3 is 0 Å². The molecule has 1 amide bonds. The molecular weight excluding hydrogens is 276 g/mol. The van der Waals surface area contributed by atoms with E-state index in [4.69, 9.17) is 17.3 Å². The van der Waals surface area contributed by atoms with Crippen LogP contribution in [0.3, 0.4) is 0 Å². The van der Waals surface area contributed by atoms with Gasteiger partial charge in [0.2, 0.25) is 5.91 Å². The lowest BCUT2D eigenvalue weighted by Crippen LogP contribution is -2.33. The number of pyridine rings is 1. The maximum Gasteiger partial charge on any atom is 0.219 e. The average molecular weight is 295 g/mol. The highest BCUT2D eigenvalue weighted by molar-refractivity contribution is 6.20. The lowest BCUT2D eigenvalue weighted by Gasteiger charge is -2.28. The number of nitrogens with two attached hydrogens (primary N) is 1. The standard InChI is InChI=1S/C14H19ClN4O/c1-8-5-6-10-13(17-8)19(12(18-10)9(2)15)14(3,4)7-11(16)20/h5-6,9H,7H2,1-4H3,(H2,16,20). The number of hydrogen-bond acceptors (Lipinski definition) is 3. The summed E-state index contributed by atoms with van der Waals surface area (Å²) in [6.45, 7) is 7.64. The van der Waals surface area contributed by atoms with Crippen LogP contribution in [0.5, 0.6) is 0 Å². The number of aromatic nitrogens is 3. The van der Waals surface area contributed by atoms with Gasteiger partial charge in [0, 0.05) is 12.1 Å². The summed E-state index contributed by atoms with van der Waals surface area (Å²) < 4.78 is 1.93. The molecule has 0 aliphatic rings. The number of carbonyl (C=O) groups excluding carboxylic acids is 1. The van der Waals surface area contributed by atoms with Gasteiger partial charge in [0.15, 0.2) is 5.65 Å². The number of carbonyl (C=O) groups is 1. The van der Waals surface area contributed by atoms with E-state index in [-0.39, 0.29) is 17.7 Å². The van der Waals surface area contributed by atoms with E-state index in [9.17, 15) is 4.79 Å². The fraction of sp³-hybridized carbons (Fsp3) is 0.500. The van der Waals surface area contributed by atoms with Gasteiger partial charge in [-0.05, 0) is 39.8 Å². The Hall–Kier alpha value is -1.62. The lowest BCUT2D eigenvalue weighted by atomic mass is 9.99. The molecule has 0 saturated heterocycles. The van der Waals surface area contributed by atoms with Crippen LogP contribution in [0.4, 0.5) is 0 Å². The number of alkyl halides is 1. The highest BCUT2D eigenvalue weighted by Gasteiger charge is 2.30. The number of amides is 1. The maximum absolute atomic E-state index is 11.3. The zero-order valence-electron chi connectivity index (χ0n) is 12.1. The Kier molecular flexibility index (Phi) is 3.73. The molecule has 0 bridgehead atoms. The van der Waals surface area contributed by atoms with Crippen LogP contribution in [0.25, 0.3) is 11.2 Å². The second-order valence-corrected chi connectivity index (χ2v) is 6.33. The zero-order chi connectivity index (χ0) is 15.1. The summed E-state index contributed by atoms with van der Waals surface area (Å²) >= 11 is 6.23. The van der Waals surface area contributed by atoms with Crippen molar-refractivity contribution in [3.8, 4) is 0 Å². The van der Waals surface area contributed by atoms with Gasteiger partial charge in [-0.25, -0.2) is 9.97 Å². The molecule has 2 aromatic heterocycles. The van der Waals surface area contributed by atoms with E-state index < -0.39 is 5.54 Å². The van der Waals surface area contributed by atoms with Crippen molar-refractivity contribution in [1.82, 2.24) is 14.5 Å². The number of halogens is 1. The van der Waals surface area contributed by atoms with Crippen molar-refractivity contribution < 1.29 is 4.79 Å². The topological polar surface area (TPSA) is 73.8 Å². The number of hydrogen-bond donors (Lipinski definition) is 1. The van der Waals surface area contributed by atoms with E-state index in [1.807, 2.05) is 44.4 Å². The van der Waals surface area contributed by atoms with Crippen molar-refractivity contribution in [2.45, 2.75) is 45.0 Å². The van der Waals surface area contributed by atoms with Crippen molar-refractivity contribution >= 4 is 28.7 Å². The number of aryl methyl sites for hydroxylation is 1. The lowest BCUT2D eigenvalue weighted by molar-refractivity contribution is -0.119. The molecule has 5 nitrogen and oxygen atoms in total. The Morgan fingerprint density at radius 2 is 2.10 bits per heavy atom. The smallest absolute Gasteiger partial charge is 0.219 e. The van der Waals surface area contributed by atoms with Crippen molar-refractivity contribution in [3.05, 3.63) is 23.7 Å². The molecule has 0 fully saturated rings. The Bertz CT molecular complexity index is 660. The Morgan fingerprint density at radius 1 is 1.45 bits per heavy atom. The first-order valence-corrected chi connectivity index (χ1v) is 6.95. The molecule has 1 unspecified atom stereocenters. The van der Waals surface area contributed by atoms with Crippen molar-refractivity contribution in [3.63, 3.8) is 0 Å². The van der Waals surface area contributed by atoms with Crippen molar-refractivity contribution in [2.75, 3.05) is 0 Å². The van der Waals surface area contributed by atoms with E-state index in [0.717, 1.165) is 16.9 Å². The van der Waals surface area contributed by atoms with Crippen LogP contribution in [-0.2, 0) is 10.3 Å². The number of primary amides is 1. The van der Waals surface area contributed by atoms with Gasteiger partial charge in [-0.1, -0.05) is 0 Å². The Morgan fingerprint density at radius 3 is 2.65 bits per heavy atom. The molecule has 2 heterocycles. The zero-order valence-corrected chi connectivity index (χ0v) is 12.9. The largest absolute Gasteiger partial charge is 0.370 e. The summed E-state index contributed by atoms with van der Waals surface area (Å²) in [6, 6.07) is 3.82. The van der Waals surface area contributed by atoms with Gasteiger partial charge < -0.3 is 10.3 Å². The van der Waals surface area contributed by atoms with Crippen LogP contribution < -0.4 is 5.73 Å². The van der Waals surface area contributed by atoms with Crippen LogP contribution in [0.15, 0.2) is 12.1 Å². The Labute approximate surface area is 123 Å². The van der Waals surface area contributed by atoms with Gasteiger partial charge in [-0.3, -0.25) is 4.79 Å². The van der Waals surface area contributed by atoms with Gasteiger partial charge in [0.05, 0.1) is 10.9 Å². The van der Waals surface area contributed by atoms with Gasteiger partial charge in [0.25, 0.3) is 0 Å².